The van der Waals surface area contributed by atoms with Crippen molar-refractivity contribution >= 4 is 18.9 Å². The van der Waals surface area contributed by atoms with Gasteiger partial charge in [0.05, 0.1) is 34.2 Å². The summed E-state index contributed by atoms with van der Waals surface area (Å²) in [6.07, 6.45) is 12.4. The van der Waals surface area contributed by atoms with Gasteiger partial charge in [-0.2, -0.15) is 0 Å². The molecule has 0 unspecified atom stereocenters. The van der Waals surface area contributed by atoms with Crippen LogP contribution >= 0.6 is 0 Å². The fourth-order valence-corrected chi connectivity index (χ4v) is 3.69. The first-order chi connectivity index (χ1) is 20.7. The van der Waals surface area contributed by atoms with Crippen molar-refractivity contribution < 1.29 is 33.9 Å². The van der Waals surface area contributed by atoms with Gasteiger partial charge in [-0.3, -0.25) is 44.3 Å². The van der Waals surface area contributed by atoms with Gasteiger partial charge in [-0.05, 0) is 72.8 Å². The van der Waals surface area contributed by atoms with Gasteiger partial charge in [0.25, 0.3) is 0 Å². The van der Waals surface area contributed by atoms with Crippen molar-refractivity contribution in [3.05, 3.63) is 145 Å². The summed E-state index contributed by atoms with van der Waals surface area (Å²) in [7, 11) is 0. The maximum atomic E-state index is 10.7. The zero-order chi connectivity index (χ0) is 29.4. The number of hydrogen-bond acceptors (Lipinski definition) is 9. The van der Waals surface area contributed by atoms with E-state index in [-0.39, 0.29) is 19.5 Å². The van der Waals surface area contributed by atoms with Crippen molar-refractivity contribution in [2.75, 3.05) is 0 Å². The van der Waals surface area contributed by atoms with Gasteiger partial charge in [0.1, 0.15) is 0 Å². The molecule has 210 valence electrons. The van der Waals surface area contributed by atoms with Crippen LogP contribution in [0.2, 0.25) is 0 Å². The summed E-state index contributed by atoms with van der Waals surface area (Å²) in [6.45, 7) is 0. The maximum Gasteiger partial charge on any atom is 2.00 e. The van der Waals surface area contributed by atoms with Crippen LogP contribution < -0.4 is 0 Å². The molecule has 0 bridgehead atoms. The molecule has 0 amide bonds. The average Bonchev–Trinajstić information content (AvgIpc) is 3.10. The van der Waals surface area contributed by atoms with Gasteiger partial charge < -0.3 is 0 Å². The van der Waals surface area contributed by atoms with Gasteiger partial charge in [-0.1, -0.05) is 18.2 Å². The molecule has 0 atom stereocenters. The van der Waals surface area contributed by atoms with Gasteiger partial charge in [0.15, 0.2) is 18.9 Å². The minimum absolute atomic E-state index is 0. The molecule has 0 saturated carbocycles. The van der Waals surface area contributed by atoms with E-state index in [1.165, 1.54) is 0 Å². The van der Waals surface area contributed by atoms with Crippen molar-refractivity contribution in [1.29, 1.82) is 0 Å². The third kappa shape index (κ3) is 9.01. The molecule has 0 aliphatic rings. The Morgan fingerprint density at radius 3 is 0.860 bits per heavy atom. The van der Waals surface area contributed by atoms with Gasteiger partial charge >= 0.3 is 19.5 Å². The van der Waals surface area contributed by atoms with E-state index in [1.807, 2.05) is 54.6 Å². The van der Waals surface area contributed by atoms with Crippen LogP contribution in [0.4, 0.5) is 0 Å². The first-order valence-electron chi connectivity index (χ1n) is 12.7. The number of hydrogen-bond donors (Lipinski definition) is 0. The van der Waals surface area contributed by atoms with E-state index in [9.17, 15) is 14.4 Å². The van der Waals surface area contributed by atoms with E-state index in [1.54, 1.807) is 73.6 Å². The van der Waals surface area contributed by atoms with Crippen LogP contribution in [0.25, 0.3) is 34.2 Å². The standard InChI is InChI=1S/3C11H8N2O.Ru/c3*14-8-9-4-3-7-13-11(9)10-5-1-2-6-12-10;/h3*1-8H;/q;;;+2. The molecule has 9 nitrogen and oxygen atoms in total. The van der Waals surface area contributed by atoms with Crippen LogP contribution in [0, 0.1) is 0 Å². The molecule has 6 rings (SSSR count). The zero-order valence-electron chi connectivity index (χ0n) is 22.6. The first kappa shape index (κ1) is 32.1. The summed E-state index contributed by atoms with van der Waals surface area (Å²) in [5, 5.41) is 0. The molecule has 6 heterocycles. The van der Waals surface area contributed by atoms with Crippen LogP contribution in [0.1, 0.15) is 31.1 Å². The fourth-order valence-electron chi connectivity index (χ4n) is 3.69. The minimum atomic E-state index is 0. The van der Waals surface area contributed by atoms with E-state index in [0.29, 0.717) is 33.8 Å². The number of pyridine rings is 6. The molecule has 0 radical (unpaired) electrons. The number of rotatable bonds is 6. The summed E-state index contributed by atoms with van der Waals surface area (Å²) >= 11 is 0. The predicted molar refractivity (Wildman–Crippen MR) is 159 cm³/mol. The third-order valence-electron chi connectivity index (χ3n) is 5.62. The maximum absolute atomic E-state index is 10.7. The summed E-state index contributed by atoms with van der Waals surface area (Å²) < 4.78 is 0. The second kappa shape index (κ2) is 17.4. The summed E-state index contributed by atoms with van der Waals surface area (Å²) in [5.74, 6) is 0. The number of carbonyl (C=O) groups is 3. The largest absolute Gasteiger partial charge is 2.00 e. The van der Waals surface area contributed by atoms with E-state index in [0.717, 1.165) is 35.9 Å². The molecule has 0 N–H and O–H groups in total. The quantitative estimate of drug-likeness (QED) is 0.160. The van der Waals surface area contributed by atoms with E-state index < -0.39 is 0 Å². The molecule has 0 aliphatic carbocycles. The summed E-state index contributed by atoms with van der Waals surface area (Å²) in [4.78, 5) is 57.0. The summed E-state index contributed by atoms with van der Waals surface area (Å²) in [5.41, 5.74) is 5.72. The molecular formula is C33H24N6O3Ru+2. The van der Waals surface area contributed by atoms with E-state index >= 15 is 0 Å². The van der Waals surface area contributed by atoms with Crippen LogP contribution in [0.3, 0.4) is 0 Å². The molecule has 0 aromatic carbocycles. The molecule has 0 spiro atoms. The number of aldehydes is 3. The van der Waals surface area contributed by atoms with Crippen LogP contribution in [-0.2, 0) is 19.5 Å². The Morgan fingerprint density at radius 2 is 0.628 bits per heavy atom. The normalized spacial score (nSPS) is 9.49. The topological polar surface area (TPSA) is 129 Å². The fraction of sp³-hybridized carbons (Fsp3) is 0. The Kier molecular flexibility index (Phi) is 12.9. The van der Waals surface area contributed by atoms with Gasteiger partial charge in [-0.25, -0.2) is 0 Å². The molecular weight excluding hydrogens is 629 g/mol. The van der Waals surface area contributed by atoms with Gasteiger partial charge in [0, 0.05) is 53.9 Å². The van der Waals surface area contributed by atoms with E-state index in [4.69, 9.17) is 0 Å². The average molecular weight is 654 g/mol. The summed E-state index contributed by atoms with van der Waals surface area (Å²) in [6, 6.07) is 26.9. The van der Waals surface area contributed by atoms with Crippen molar-refractivity contribution in [3.8, 4) is 34.2 Å². The van der Waals surface area contributed by atoms with Gasteiger partial charge in [0.2, 0.25) is 0 Å². The smallest absolute Gasteiger partial charge is 0.298 e. The van der Waals surface area contributed by atoms with Gasteiger partial charge in [-0.15, -0.1) is 0 Å². The molecule has 10 heteroatoms. The number of nitrogens with zero attached hydrogens (tertiary/aromatic N) is 6. The Labute approximate surface area is 261 Å². The molecule has 43 heavy (non-hydrogen) atoms. The van der Waals surface area contributed by atoms with Crippen LogP contribution in [0.15, 0.2) is 128 Å². The van der Waals surface area contributed by atoms with Crippen LogP contribution in [0.5, 0.6) is 0 Å². The monoisotopic (exact) mass is 654 g/mol. The molecule has 0 fully saturated rings. The molecule has 6 aromatic rings. The Balaban J connectivity index is 0.000000175. The van der Waals surface area contributed by atoms with Crippen molar-refractivity contribution in [2.24, 2.45) is 0 Å². The number of carbonyl (C=O) groups excluding carboxylic acids is 3. The SMILES string of the molecule is O=Cc1cccnc1-c1ccccn1.O=Cc1cccnc1-c1ccccn1.O=Cc1cccnc1-c1ccccn1.[Ru+2]. The third-order valence-corrected chi connectivity index (χ3v) is 5.62. The Hall–Kier alpha value is -5.47. The minimum Gasteiger partial charge on any atom is -0.298 e. The molecule has 0 aliphatic heterocycles. The predicted octanol–water partition coefficient (Wildman–Crippen LogP) is 5.87. The molecule has 0 saturated heterocycles. The van der Waals surface area contributed by atoms with E-state index in [2.05, 4.69) is 29.9 Å². The zero-order valence-corrected chi connectivity index (χ0v) is 24.4. The number of aromatic nitrogens is 6. The first-order valence-corrected chi connectivity index (χ1v) is 12.7. The van der Waals surface area contributed by atoms with Crippen molar-refractivity contribution in [2.45, 2.75) is 0 Å². The van der Waals surface area contributed by atoms with Crippen LogP contribution in [-0.4, -0.2) is 48.8 Å². The second-order valence-corrected chi connectivity index (χ2v) is 8.32. The molecule has 6 aromatic heterocycles. The Morgan fingerprint density at radius 1 is 0.349 bits per heavy atom. The second-order valence-electron chi connectivity index (χ2n) is 8.32. The Bertz CT molecular complexity index is 1530. The van der Waals surface area contributed by atoms with Crippen molar-refractivity contribution in [3.63, 3.8) is 0 Å². The van der Waals surface area contributed by atoms with Crippen molar-refractivity contribution in [1.82, 2.24) is 29.9 Å².